The molecule has 4 rings (SSSR count). The van der Waals surface area contributed by atoms with Gasteiger partial charge in [0.1, 0.15) is 5.75 Å². The highest BCUT2D eigenvalue weighted by Crippen LogP contribution is 2.53. The van der Waals surface area contributed by atoms with Crippen LogP contribution in [0.25, 0.3) is 0 Å². The monoisotopic (exact) mass is 289 g/mol. The summed E-state index contributed by atoms with van der Waals surface area (Å²) in [4.78, 5) is 26.2. The van der Waals surface area contributed by atoms with Crippen molar-refractivity contribution >= 4 is 29.1 Å². The van der Waals surface area contributed by atoms with E-state index in [-0.39, 0.29) is 46.9 Å². The normalized spacial score (nSPS) is 34.1. The molecule has 1 aromatic carbocycles. The lowest BCUT2D eigenvalue weighted by molar-refractivity contribution is -0.123. The lowest BCUT2D eigenvalue weighted by Crippen LogP contribution is -2.32. The molecule has 2 amide bonds. The standard InChI is InChI=1S/C15H12ClNO3/c16-9-3-4-10(11(18)6-9)17-14(19)12-7-1-2-8(5-7)13(12)15(17)20/h1-4,6-8,12-13,18H,5H2/t7-,8-,12-,13+/m0/s1. The molecule has 1 heterocycles. The zero-order valence-corrected chi connectivity index (χ0v) is 11.2. The first-order chi connectivity index (χ1) is 9.58. The maximum Gasteiger partial charge on any atom is 0.238 e. The second-order valence-corrected chi connectivity index (χ2v) is 6.08. The molecule has 102 valence electrons. The lowest BCUT2D eigenvalue weighted by atomic mass is 9.85. The fourth-order valence-electron chi connectivity index (χ4n) is 3.83. The van der Waals surface area contributed by atoms with Crippen LogP contribution < -0.4 is 4.90 Å². The second-order valence-electron chi connectivity index (χ2n) is 5.64. The summed E-state index contributed by atoms with van der Waals surface area (Å²) >= 11 is 5.79. The van der Waals surface area contributed by atoms with E-state index in [0.717, 1.165) is 11.3 Å². The molecule has 1 N–H and O–H groups in total. The Morgan fingerprint density at radius 2 is 1.70 bits per heavy atom. The molecule has 1 aromatic rings. The molecule has 2 bridgehead atoms. The first-order valence-electron chi connectivity index (χ1n) is 6.62. The van der Waals surface area contributed by atoms with E-state index in [4.69, 9.17) is 11.6 Å². The summed E-state index contributed by atoms with van der Waals surface area (Å²) in [7, 11) is 0. The van der Waals surface area contributed by atoms with Crippen LogP contribution in [0.1, 0.15) is 6.42 Å². The number of allylic oxidation sites excluding steroid dienone is 2. The number of phenols is 1. The molecule has 4 nitrogen and oxygen atoms in total. The fraction of sp³-hybridized carbons (Fsp3) is 0.333. The van der Waals surface area contributed by atoms with Gasteiger partial charge in [0.25, 0.3) is 0 Å². The summed E-state index contributed by atoms with van der Waals surface area (Å²) in [5.74, 6) is -0.717. The SMILES string of the molecule is O=C1[C@@H]2[C@H](C(=O)N1c1ccc(Cl)cc1O)[C@H]1C=C[C@H]2C1. The highest BCUT2D eigenvalue weighted by atomic mass is 35.5. The number of anilines is 1. The topological polar surface area (TPSA) is 57.6 Å². The lowest BCUT2D eigenvalue weighted by Gasteiger charge is -2.18. The van der Waals surface area contributed by atoms with E-state index in [9.17, 15) is 14.7 Å². The van der Waals surface area contributed by atoms with Gasteiger partial charge >= 0.3 is 0 Å². The minimum absolute atomic E-state index is 0.139. The van der Waals surface area contributed by atoms with Gasteiger partial charge in [-0.2, -0.15) is 0 Å². The molecule has 2 aliphatic carbocycles. The van der Waals surface area contributed by atoms with Crippen molar-refractivity contribution in [3.8, 4) is 5.75 Å². The van der Waals surface area contributed by atoms with E-state index >= 15 is 0 Å². The molecule has 5 heteroatoms. The molecule has 1 saturated carbocycles. The van der Waals surface area contributed by atoms with Crippen LogP contribution in [0.5, 0.6) is 5.75 Å². The number of imide groups is 1. The van der Waals surface area contributed by atoms with Gasteiger partial charge in [0.2, 0.25) is 11.8 Å². The van der Waals surface area contributed by atoms with E-state index in [1.165, 1.54) is 12.1 Å². The van der Waals surface area contributed by atoms with Crippen LogP contribution in [0.3, 0.4) is 0 Å². The number of aromatic hydroxyl groups is 1. The number of fused-ring (bicyclic) bond motifs is 5. The smallest absolute Gasteiger partial charge is 0.238 e. The Kier molecular flexibility index (Phi) is 2.31. The molecular weight excluding hydrogens is 278 g/mol. The molecule has 1 saturated heterocycles. The van der Waals surface area contributed by atoms with Gasteiger partial charge in [-0.15, -0.1) is 0 Å². The van der Waals surface area contributed by atoms with E-state index in [1.54, 1.807) is 6.07 Å². The van der Waals surface area contributed by atoms with Crippen LogP contribution in [-0.4, -0.2) is 16.9 Å². The van der Waals surface area contributed by atoms with Crippen LogP contribution in [-0.2, 0) is 9.59 Å². The Hall–Kier alpha value is -1.81. The molecule has 4 atom stereocenters. The summed E-state index contributed by atoms with van der Waals surface area (Å²) in [6.07, 6.45) is 4.98. The van der Waals surface area contributed by atoms with E-state index < -0.39 is 0 Å². The number of carbonyl (C=O) groups is 2. The average molecular weight is 290 g/mol. The van der Waals surface area contributed by atoms with Gasteiger partial charge in [-0.3, -0.25) is 9.59 Å². The predicted molar refractivity (Wildman–Crippen MR) is 73.3 cm³/mol. The van der Waals surface area contributed by atoms with Gasteiger partial charge in [-0.25, -0.2) is 4.90 Å². The van der Waals surface area contributed by atoms with E-state index in [0.29, 0.717) is 5.02 Å². The number of rotatable bonds is 1. The number of amides is 2. The van der Waals surface area contributed by atoms with E-state index in [2.05, 4.69) is 0 Å². The highest BCUT2D eigenvalue weighted by molar-refractivity contribution is 6.31. The van der Waals surface area contributed by atoms with Crippen LogP contribution >= 0.6 is 11.6 Å². The quantitative estimate of drug-likeness (QED) is 0.638. The summed E-state index contributed by atoms with van der Waals surface area (Å²) in [5, 5.41) is 10.3. The van der Waals surface area contributed by atoms with Gasteiger partial charge < -0.3 is 5.11 Å². The van der Waals surface area contributed by atoms with Crippen molar-refractivity contribution in [2.45, 2.75) is 6.42 Å². The van der Waals surface area contributed by atoms with Crippen LogP contribution in [0.15, 0.2) is 30.4 Å². The number of halogens is 1. The number of hydrogen-bond acceptors (Lipinski definition) is 3. The summed E-state index contributed by atoms with van der Waals surface area (Å²) in [5.41, 5.74) is 0.234. The molecule has 0 radical (unpaired) electrons. The van der Waals surface area contributed by atoms with Crippen molar-refractivity contribution < 1.29 is 14.7 Å². The first-order valence-corrected chi connectivity index (χ1v) is 7.00. The Labute approximate surface area is 120 Å². The molecule has 20 heavy (non-hydrogen) atoms. The van der Waals surface area contributed by atoms with Gasteiger partial charge in [-0.05, 0) is 30.4 Å². The van der Waals surface area contributed by atoms with Crippen molar-refractivity contribution in [2.75, 3.05) is 4.90 Å². The Morgan fingerprint density at radius 3 is 2.25 bits per heavy atom. The van der Waals surface area contributed by atoms with Gasteiger partial charge in [0, 0.05) is 11.1 Å². The zero-order valence-electron chi connectivity index (χ0n) is 10.5. The average Bonchev–Trinajstić information content (AvgIpc) is 3.06. The number of hydrogen-bond donors (Lipinski definition) is 1. The number of benzene rings is 1. The largest absolute Gasteiger partial charge is 0.506 e. The van der Waals surface area contributed by atoms with Crippen molar-refractivity contribution in [1.82, 2.24) is 0 Å². The summed E-state index contributed by atoms with van der Waals surface area (Å²) in [6, 6.07) is 4.43. The van der Waals surface area contributed by atoms with Crippen molar-refractivity contribution in [3.05, 3.63) is 35.4 Å². The van der Waals surface area contributed by atoms with Crippen LogP contribution in [0.4, 0.5) is 5.69 Å². The van der Waals surface area contributed by atoms with Crippen molar-refractivity contribution in [3.63, 3.8) is 0 Å². The molecule has 0 spiro atoms. The minimum atomic E-state index is -0.257. The summed E-state index contributed by atoms with van der Waals surface area (Å²) < 4.78 is 0. The molecule has 2 fully saturated rings. The minimum Gasteiger partial charge on any atom is -0.506 e. The van der Waals surface area contributed by atoms with Crippen molar-refractivity contribution in [1.29, 1.82) is 0 Å². The zero-order chi connectivity index (χ0) is 14.0. The molecule has 1 aliphatic heterocycles. The molecule has 3 aliphatic rings. The van der Waals surface area contributed by atoms with Crippen LogP contribution in [0.2, 0.25) is 5.02 Å². The predicted octanol–water partition coefficient (Wildman–Crippen LogP) is 2.36. The summed E-state index contributed by atoms with van der Waals surface area (Å²) in [6.45, 7) is 0. The third kappa shape index (κ3) is 1.37. The third-order valence-corrected chi connectivity index (χ3v) is 4.88. The maximum absolute atomic E-state index is 12.6. The fourth-order valence-corrected chi connectivity index (χ4v) is 3.99. The Balaban J connectivity index is 1.78. The molecule has 0 aromatic heterocycles. The number of phenolic OH excluding ortho intramolecular Hbond substituents is 1. The molecule has 0 unspecified atom stereocenters. The second kappa shape index (κ2) is 3.85. The highest BCUT2D eigenvalue weighted by Gasteiger charge is 2.59. The third-order valence-electron chi connectivity index (χ3n) is 4.65. The Morgan fingerprint density at radius 1 is 1.10 bits per heavy atom. The van der Waals surface area contributed by atoms with Gasteiger partial charge in [0.15, 0.2) is 0 Å². The molecular formula is C15H12ClNO3. The maximum atomic E-state index is 12.6. The van der Waals surface area contributed by atoms with Crippen LogP contribution in [0, 0.1) is 23.7 Å². The number of carbonyl (C=O) groups excluding carboxylic acids is 2. The van der Waals surface area contributed by atoms with Crippen molar-refractivity contribution in [2.24, 2.45) is 23.7 Å². The van der Waals surface area contributed by atoms with Gasteiger partial charge in [0.05, 0.1) is 17.5 Å². The van der Waals surface area contributed by atoms with Gasteiger partial charge in [-0.1, -0.05) is 23.8 Å². The van der Waals surface area contributed by atoms with E-state index in [1.807, 2.05) is 12.2 Å². The first kappa shape index (κ1) is 12.0. The Bertz CT molecular complexity index is 639. The number of nitrogens with zero attached hydrogens (tertiary/aromatic N) is 1.